The zero-order valence-electron chi connectivity index (χ0n) is 14.6. The Labute approximate surface area is 132 Å². The van der Waals surface area contributed by atoms with Gasteiger partial charge in [-0.25, -0.2) is 0 Å². The number of likely N-dealkylation sites (N-methyl/N-ethyl adjacent to an activating group) is 2. The Hall–Kier alpha value is -0.120. The normalized spacial score (nSPS) is 31.1. The van der Waals surface area contributed by atoms with E-state index in [1.54, 1.807) is 0 Å². The van der Waals surface area contributed by atoms with E-state index in [2.05, 4.69) is 36.0 Å². The van der Waals surface area contributed by atoms with Crippen LogP contribution in [0.4, 0.5) is 0 Å². The lowest BCUT2D eigenvalue weighted by molar-refractivity contribution is 0.152. The fraction of sp³-hybridized carbons (Fsp3) is 1.00. The van der Waals surface area contributed by atoms with E-state index >= 15 is 0 Å². The molecule has 0 spiro atoms. The molecule has 0 amide bonds. The quantitative estimate of drug-likeness (QED) is 0.743. The Balaban J connectivity index is 1.78. The second kappa shape index (κ2) is 9.12. The van der Waals surface area contributed by atoms with Crippen molar-refractivity contribution in [3.63, 3.8) is 0 Å². The van der Waals surface area contributed by atoms with E-state index in [9.17, 15) is 0 Å². The average molecular weight is 296 g/mol. The monoisotopic (exact) mass is 295 g/mol. The summed E-state index contributed by atoms with van der Waals surface area (Å²) in [5, 5.41) is 3.80. The first-order chi connectivity index (χ1) is 10.2. The maximum absolute atomic E-state index is 3.80. The van der Waals surface area contributed by atoms with Crippen molar-refractivity contribution in [1.29, 1.82) is 0 Å². The second-order valence-corrected chi connectivity index (χ2v) is 7.25. The minimum Gasteiger partial charge on any atom is -0.314 e. The molecule has 3 nitrogen and oxygen atoms in total. The molecule has 3 heteroatoms. The Bertz CT molecular complexity index is 282. The van der Waals surface area contributed by atoms with Gasteiger partial charge in [0.05, 0.1) is 0 Å². The molecule has 21 heavy (non-hydrogen) atoms. The predicted molar refractivity (Wildman–Crippen MR) is 91.8 cm³/mol. The van der Waals surface area contributed by atoms with E-state index in [-0.39, 0.29) is 0 Å². The highest BCUT2D eigenvalue weighted by atomic mass is 15.2. The first-order valence-electron chi connectivity index (χ1n) is 9.40. The first-order valence-corrected chi connectivity index (χ1v) is 9.40. The zero-order chi connectivity index (χ0) is 15.1. The molecular weight excluding hydrogens is 258 g/mol. The number of likely N-dealkylation sites (tertiary alicyclic amines) is 1. The van der Waals surface area contributed by atoms with Gasteiger partial charge in [0.25, 0.3) is 0 Å². The van der Waals surface area contributed by atoms with E-state index in [1.165, 1.54) is 77.7 Å². The molecule has 1 saturated carbocycles. The molecule has 2 aliphatic rings. The van der Waals surface area contributed by atoms with Crippen LogP contribution in [0.5, 0.6) is 0 Å². The first kappa shape index (κ1) is 17.2. The molecule has 1 heterocycles. The summed E-state index contributed by atoms with van der Waals surface area (Å²) in [4.78, 5) is 5.29. The molecule has 0 aromatic rings. The molecule has 2 rings (SSSR count). The molecular formula is C18H37N3. The molecule has 2 fully saturated rings. The van der Waals surface area contributed by atoms with Crippen LogP contribution in [0, 0.1) is 5.92 Å². The third kappa shape index (κ3) is 5.22. The van der Waals surface area contributed by atoms with Gasteiger partial charge >= 0.3 is 0 Å². The van der Waals surface area contributed by atoms with Gasteiger partial charge in [-0.1, -0.05) is 26.7 Å². The molecule has 124 valence electrons. The van der Waals surface area contributed by atoms with Gasteiger partial charge in [-0.05, 0) is 64.7 Å². The maximum Gasteiger partial charge on any atom is 0.0223 e. The van der Waals surface area contributed by atoms with Crippen molar-refractivity contribution in [2.75, 3.05) is 39.8 Å². The van der Waals surface area contributed by atoms with Crippen LogP contribution >= 0.6 is 0 Å². The minimum absolute atomic E-state index is 0.770. The van der Waals surface area contributed by atoms with Crippen molar-refractivity contribution in [3.8, 4) is 0 Å². The van der Waals surface area contributed by atoms with E-state index < -0.39 is 0 Å². The summed E-state index contributed by atoms with van der Waals surface area (Å²) in [5.74, 6) is 0.867. The van der Waals surface area contributed by atoms with Crippen molar-refractivity contribution in [2.24, 2.45) is 5.92 Å². The van der Waals surface area contributed by atoms with Crippen LogP contribution in [-0.2, 0) is 0 Å². The fourth-order valence-corrected chi connectivity index (χ4v) is 4.38. The Morgan fingerprint density at radius 2 is 1.86 bits per heavy atom. The lowest BCUT2D eigenvalue weighted by atomic mass is 9.84. The third-order valence-electron chi connectivity index (χ3n) is 5.54. The van der Waals surface area contributed by atoms with Crippen molar-refractivity contribution in [2.45, 2.75) is 70.9 Å². The van der Waals surface area contributed by atoms with E-state index in [0.717, 1.165) is 18.0 Å². The van der Waals surface area contributed by atoms with E-state index in [0.29, 0.717) is 0 Å². The molecule has 0 aromatic carbocycles. The largest absolute Gasteiger partial charge is 0.314 e. The highest BCUT2D eigenvalue weighted by Gasteiger charge is 2.28. The van der Waals surface area contributed by atoms with Gasteiger partial charge in [0.2, 0.25) is 0 Å². The minimum atomic E-state index is 0.770. The number of nitrogens with zero attached hydrogens (tertiary/aromatic N) is 2. The SMILES string of the molecule is CCCNC1CCCCC1CN(C)CC1CCCN1CC. The standard InChI is InChI=1S/C18H37N3/c1-4-12-19-18-11-7-6-9-16(18)14-20(3)15-17-10-8-13-21(17)5-2/h16-19H,4-15H2,1-3H3. The van der Waals surface area contributed by atoms with Gasteiger partial charge in [-0.3, -0.25) is 4.90 Å². The summed E-state index contributed by atoms with van der Waals surface area (Å²) in [7, 11) is 2.34. The van der Waals surface area contributed by atoms with Crippen molar-refractivity contribution in [3.05, 3.63) is 0 Å². The molecule has 1 aliphatic carbocycles. The third-order valence-corrected chi connectivity index (χ3v) is 5.54. The highest BCUT2D eigenvalue weighted by molar-refractivity contribution is 4.85. The van der Waals surface area contributed by atoms with E-state index in [4.69, 9.17) is 0 Å². The topological polar surface area (TPSA) is 18.5 Å². The summed E-state index contributed by atoms with van der Waals surface area (Å²) < 4.78 is 0. The van der Waals surface area contributed by atoms with Crippen molar-refractivity contribution >= 4 is 0 Å². The zero-order valence-corrected chi connectivity index (χ0v) is 14.6. The van der Waals surface area contributed by atoms with Crippen LogP contribution in [0.1, 0.15) is 58.8 Å². The van der Waals surface area contributed by atoms with Gasteiger partial charge < -0.3 is 10.2 Å². The lowest BCUT2D eigenvalue weighted by Crippen LogP contribution is -2.46. The molecule has 0 aromatic heterocycles. The smallest absolute Gasteiger partial charge is 0.0223 e. The summed E-state index contributed by atoms with van der Waals surface area (Å²) in [6.07, 6.45) is 9.74. The molecule has 3 atom stereocenters. The summed E-state index contributed by atoms with van der Waals surface area (Å²) in [6.45, 7) is 10.9. The number of hydrogen-bond acceptors (Lipinski definition) is 3. The van der Waals surface area contributed by atoms with Crippen LogP contribution in [0.3, 0.4) is 0 Å². The van der Waals surface area contributed by atoms with Crippen molar-refractivity contribution < 1.29 is 0 Å². The molecule has 0 bridgehead atoms. The van der Waals surface area contributed by atoms with Crippen LogP contribution in [0.25, 0.3) is 0 Å². The van der Waals surface area contributed by atoms with Crippen LogP contribution in [0.15, 0.2) is 0 Å². The van der Waals surface area contributed by atoms with Gasteiger partial charge in [0.15, 0.2) is 0 Å². The number of nitrogens with one attached hydrogen (secondary N) is 1. The van der Waals surface area contributed by atoms with Gasteiger partial charge in [-0.15, -0.1) is 0 Å². The summed E-state index contributed by atoms with van der Waals surface area (Å²) in [6, 6.07) is 1.58. The average Bonchev–Trinajstić information content (AvgIpc) is 2.93. The fourth-order valence-electron chi connectivity index (χ4n) is 4.38. The molecule has 1 saturated heterocycles. The Kier molecular flexibility index (Phi) is 7.48. The summed E-state index contributed by atoms with van der Waals surface area (Å²) in [5.41, 5.74) is 0. The maximum atomic E-state index is 3.80. The predicted octanol–water partition coefficient (Wildman–Crippen LogP) is 2.96. The van der Waals surface area contributed by atoms with Crippen LogP contribution in [0.2, 0.25) is 0 Å². The second-order valence-electron chi connectivity index (χ2n) is 7.25. The van der Waals surface area contributed by atoms with Crippen LogP contribution in [-0.4, -0.2) is 61.7 Å². The Morgan fingerprint density at radius 1 is 1.05 bits per heavy atom. The Morgan fingerprint density at radius 3 is 2.62 bits per heavy atom. The number of rotatable bonds is 8. The molecule has 1 N–H and O–H groups in total. The highest BCUT2D eigenvalue weighted by Crippen LogP contribution is 2.26. The molecule has 1 aliphatic heterocycles. The van der Waals surface area contributed by atoms with Gasteiger partial charge in [0.1, 0.15) is 0 Å². The van der Waals surface area contributed by atoms with E-state index in [1.807, 2.05) is 0 Å². The lowest BCUT2D eigenvalue weighted by Gasteiger charge is -2.36. The molecule has 3 unspecified atom stereocenters. The summed E-state index contributed by atoms with van der Waals surface area (Å²) >= 11 is 0. The molecule has 0 radical (unpaired) electrons. The van der Waals surface area contributed by atoms with Crippen LogP contribution < -0.4 is 5.32 Å². The van der Waals surface area contributed by atoms with Gasteiger partial charge in [0, 0.05) is 25.2 Å². The van der Waals surface area contributed by atoms with Crippen molar-refractivity contribution in [1.82, 2.24) is 15.1 Å². The van der Waals surface area contributed by atoms with Gasteiger partial charge in [-0.2, -0.15) is 0 Å². The number of hydrogen-bond donors (Lipinski definition) is 1.